The lowest BCUT2D eigenvalue weighted by molar-refractivity contribution is 0.556. The van der Waals surface area contributed by atoms with Crippen LogP contribution in [0, 0.1) is 11.6 Å². The molecule has 2 rings (SSSR count). The van der Waals surface area contributed by atoms with Crippen LogP contribution in [0.4, 0.5) is 8.78 Å². The number of nitrogens with two attached hydrogens (primary N) is 1. The Kier molecular flexibility index (Phi) is 8.02. The number of halogens is 2. The van der Waals surface area contributed by atoms with Crippen molar-refractivity contribution in [3.8, 4) is 0 Å². The fourth-order valence-corrected chi connectivity index (χ4v) is 3.00. The second-order valence-electron chi connectivity index (χ2n) is 6.62. The highest BCUT2D eigenvalue weighted by molar-refractivity contribution is 5.31. The first-order chi connectivity index (χ1) is 12.1. The van der Waals surface area contributed by atoms with Gasteiger partial charge in [-0.1, -0.05) is 43.2 Å². The van der Waals surface area contributed by atoms with Gasteiger partial charge in [0.2, 0.25) is 0 Å². The Morgan fingerprint density at radius 3 is 2.68 bits per heavy atom. The van der Waals surface area contributed by atoms with Crippen molar-refractivity contribution in [3.63, 3.8) is 0 Å². The van der Waals surface area contributed by atoms with Gasteiger partial charge in [-0.15, -0.1) is 0 Å². The lowest BCUT2D eigenvalue weighted by Crippen LogP contribution is -2.29. The molecule has 0 saturated carbocycles. The van der Waals surface area contributed by atoms with Crippen molar-refractivity contribution in [3.05, 3.63) is 70.8 Å². The van der Waals surface area contributed by atoms with Crippen LogP contribution >= 0.6 is 0 Å². The minimum Gasteiger partial charge on any atom is -0.327 e. The van der Waals surface area contributed by atoms with Crippen molar-refractivity contribution in [2.75, 3.05) is 13.1 Å². The summed E-state index contributed by atoms with van der Waals surface area (Å²) in [7, 11) is 0. The summed E-state index contributed by atoms with van der Waals surface area (Å²) in [6.07, 6.45) is 13.3. The number of hydrogen-bond donors (Lipinski definition) is 2. The van der Waals surface area contributed by atoms with E-state index in [0.29, 0.717) is 12.0 Å². The summed E-state index contributed by atoms with van der Waals surface area (Å²) in [6.45, 7) is 3.79. The first kappa shape index (κ1) is 19.5. The molecule has 1 atom stereocenters. The first-order valence-corrected chi connectivity index (χ1v) is 9.03. The molecule has 0 saturated heterocycles. The van der Waals surface area contributed by atoms with Gasteiger partial charge in [0, 0.05) is 18.7 Å². The molecule has 0 fully saturated rings. The SMILES string of the molecule is CCCC1=CC=CC(CNCC[C@@H](N)Cc2cc(F)cc(F)c2)=CC1. The number of hydrogen-bond acceptors (Lipinski definition) is 2. The monoisotopic (exact) mass is 346 g/mol. The van der Waals surface area contributed by atoms with Crippen molar-refractivity contribution in [2.45, 2.75) is 45.1 Å². The van der Waals surface area contributed by atoms with Gasteiger partial charge in [-0.05, 0) is 55.5 Å². The summed E-state index contributed by atoms with van der Waals surface area (Å²) >= 11 is 0. The molecule has 1 aliphatic rings. The molecule has 1 aliphatic carbocycles. The van der Waals surface area contributed by atoms with Gasteiger partial charge in [-0.2, -0.15) is 0 Å². The fourth-order valence-electron chi connectivity index (χ4n) is 3.00. The maximum Gasteiger partial charge on any atom is 0.126 e. The normalized spacial score (nSPS) is 15.5. The minimum absolute atomic E-state index is 0.120. The molecule has 0 spiro atoms. The molecule has 0 aromatic heterocycles. The average molecular weight is 346 g/mol. The largest absolute Gasteiger partial charge is 0.327 e. The van der Waals surface area contributed by atoms with Crippen LogP contribution in [0.15, 0.2) is 53.6 Å². The van der Waals surface area contributed by atoms with Crippen LogP contribution in [0.5, 0.6) is 0 Å². The topological polar surface area (TPSA) is 38.0 Å². The van der Waals surface area contributed by atoms with Gasteiger partial charge >= 0.3 is 0 Å². The van der Waals surface area contributed by atoms with Crippen LogP contribution in [-0.4, -0.2) is 19.1 Å². The summed E-state index contributed by atoms with van der Waals surface area (Å²) in [4.78, 5) is 0. The van der Waals surface area contributed by atoms with Crippen LogP contribution in [0.1, 0.15) is 38.2 Å². The molecule has 0 aliphatic heterocycles. The van der Waals surface area contributed by atoms with E-state index in [1.165, 1.54) is 29.7 Å². The molecule has 1 aromatic carbocycles. The van der Waals surface area contributed by atoms with E-state index in [1.807, 2.05) is 0 Å². The Labute approximate surface area is 149 Å². The van der Waals surface area contributed by atoms with Crippen molar-refractivity contribution >= 4 is 0 Å². The average Bonchev–Trinajstić information content (AvgIpc) is 2.76. The highest BCUT2D eigenvalue weighted by Crippen LogP contribution is 2.16. The van der Waals surface area contributed by atoms with Gasteiger partial charge in [0.25, 0.3) is 0 Å². The zero-order chi connectivity index (χ0) is 18.1. The maximum absolute atomic E-state index is 13.2. The summed E-state index contributed by atoms with van der Waals surface area (Å²) in [6, 6.07) is 3.45. The number of nitrogens with one attached hydrogen (secondary N) is 1. The summed E-state index contributed by atoms with van der Waals surface area (Å²) in [5.41, 5.74) is 9.44. The Balaban J connectivity index is 1.69. The van der Waals surface area contributed by atoms with E-state index in [4.69, 9.17) is 5.73 Å². The van der Waals surface area contributed by atoms with Gasteiger partial charge in [-0.25, -0.2) is 8.78 Å². The number of allylic oxidation sites excluding steroid dienone is 4. The zero-order valence-corrected chi connectivity index (χ0v) is 14.9. The van der Waals surface area contributed by atoms with E-state index >= 15 is 0 Å². The molecular formula is C21H28F2N2. The molecule has 0 bridgehead atoms. The van der Waals surface area contributed by atoms with Crippen LogP contribution in [-0.2, 0) is 6.42 Å². The van der Waals surface area contributed by atoms with Crippen LogP contribution in [0.25, 0.3) is 0 Å². The first-order valence-electron chi connectivity index (χ1n) is 9.03. The summed E-state index contributed by atoms with van der Waals surface area (Å²) in [5, 5.41) is 3.40. The van der Waals surface area contributed by atoms with Crippen LogP contribution < -0.4 is 11.1 Å². The Bertz CT molecular complexity index is 627. The van der Waals surface area contributed by atoms with Crippen LogP contribution in [0.3, 0.4) is 0 Å². The van der Waals surface area contributed by atoms with Crippen molar-refractivity contribution in [1.82, 2.24) is 5.32 Å². The van der Waals surface area contributed by atoms with Crippen molar-refractivity contribution < 1.29 is 8.78 Å². The van der Waals surface area contributed by atoms with Gasteiger partial charge in [-0.3, -0.25) is 0 Å². The smallest absolute Gasteiger partial charge is 0.126 e. The van der Waals surface area contributed by atoms with E-state index in [9.17, 15) is 8.78 Å². The van der Waals surface area contributed by atoms with Gasteiger partial charge < -0.3 is 11.1 Å². The second kappa shape index (κ2) is 10.3. The van der Waals surface area contributed by atoms with Gasteiger partial charge in [0.1, 0.15) is 11.6 Å². The van der Waals surface area contributed by atoms with Crippen molar-refractivity contribution in [2.24, 2.45) is 5.73 Å². The Morgan fingerprint density at radius 2 is 1.96 bits per heavy atom. The minimum atomic E-state index is -0.552. The van der Waals surface area contributed by atoms with Gasteiger partial charge in [0.05, 0.1) is 0 Å². The van der Waals surface area contributed by atoms with Gasteiger partial charge in [0.15, 0.2) is 0 Å². The third-order valence-electron chi connectivity index (χ3n) is 4.28. The van der Waals surface area contributed by atoms with E-state index in [-0.39, 0.29) is 6.04 Å². The molecule has 0 unspecified atom stereocenters. The third-order valence-corrected chi connectivity index (χ3v) is 4.28. The molecule has 25 heavy (non-hydrogen) atoms. The highest BCUT2D eigenvalue weighted by Gasteiger charge is 2.07. The lowest BCUT2D eigenvalue weighted by Gasteiger charge is -2.13. The Morgan fingerprint density at radius 1 is 1.20 bits per heavy atom. The van der Waals surface area contributed by atoms with Crippen molar-refractivity contribution in [1.29, 1.82) is 0 Å². The van der Waals surface area contributed by atoms with Crippen LogP contribution in [0.2, 0.25) is 0 Å². The van der Waals surface area contributed by atoms with E-state index in [0.717, 1.165) is 38.4 Å². The quantitative estimate of drug-likeness (QED) is 0.649. The molecule has 0 radical (unpaired) electrons. The predicted octanol–water partition coefficient (Wildman–Crippen LogP) is 4.43. The molecule has 2 nitrogen and oxygen atoms in total. The third kappa shape index (κ3) is 7.32. The highest BCUT2D eigenvalue weighted by atomic mass is 19.1. The summed E-state index contributed by atoms with van der Waals surface area (Å²) < 4.78 is 26.4. The van der Waals surface area contributed by atoms with E-state index in [2.05, 4.69) is 36.5 Å². The molecule has 136 valence electrons. The standard InChI is InChI=1S/C21H28F2N2/c1-2-4-16-5-3-6-17(8-7-16)15-25-10-9-21(24)13-18-11-19(22)14-20(23)12-18/h3,5-6,8,11-12,14,21,25H,2,4,7,9-10,13,15,24H2,1H3/t21-/m1/s1. The molecule has 4 heteroatoms. The predicted molar refractivity (Wildman–Crippen MR) is 100 cm³/mol. The zero-order valence-electron chi connectivity index (χ0n) is 14.9. The Hall–Kier alpha value is -1.78. The molecular weight excluding hydrogens is 318 g/mol. The molecule has 0 heterocycles. The molecule has 1 aromatic rings. The number of rotatable bonds is 9. The lowest BCUT2D eigenvalue weighted by atomic mass is 10.0. The number of benzene rings is 1. The van der Waals surface area contributed by atoms with E-state index in [1.54, 1.807) is 0 Å². The molecule has 0 amide bonds. The molecule has 3 N–H and O–H groups in total. The maximum atomic E-state index is 13.2. The second-order valence-corrected chi connectivity index (χ2v) is 6.62. The fraction of sp³-hybridized carbons (Fsp3) is 0.429. The van der Waals surface area contributed by atoms with E-state index < -0.39 is 11.6 Å². The summed E-state index contributed by atoms with van der Waals surface area (Å²) in [5.74, 6) is -1.10.